The predicted octanol–water partition coefficient (Wildman–Crippen LogP) is 5.07. The maximum Gasteiger partial charge on any atom is 0.420 e. The molecule has 1 aromatic carbocycles. The van der Waals surface area contributed by atoms with Gasteiger partial charge in [-0.05, 0) is 77.9 Å². The Hall–Kier alpha value is -3.69. The second kappa shape index (κ2) is 11.2. The van der Waals surface area contributed by atoms with Gasteiger partial charge in [-0.15, -0.1) is 0 Å². The first kappa shape index (κ1) is 27.6. The van der Waals surface area contributed by atoms with E-state index >= 15 is 0 Å². The maximum absolute atomic E-state index is 13.6. The largest absolute Gasteiger partial charge is 0.467 e. The standard InChI is InChI=1S/C25H32FN3O6/c1-24(2,3)34-22(31)29(23(32)35-25(4,5)6)19(21(30)33-7)16-28(20-10-8-9-15-27-20)18-13-11-17(26)12-14-18/h8-15,19H,16H2,1-7H3. The van der Waals surface area contributed by atoms with E-state index in [-0.39, 0.29) is 6.54 Å². The molecule has 0 radical (unpaired) electrons. The number of carbonyl (C=O) groups excluding carboxylic acids is 3. The van der Waals surface area contributed by atoms with E-state index in [0.717, 1.165) is 7.11 Å². The van der Waals surface area contributed by atoms with Crippen LogP contribution in [0.15, 0.2) is 48.7 Å². The summed E-state index contributed by atoms with van der Waals surface area (Å²) in [7, 11) is 1.14. The topological polar surface area (TPSA) is 98.3 Å². The third kappa shape index (κ3) is 8.24. The molecule has 0 bridgehead atoms. The number of benzene rings is 1. The fourth-order valence-electron chi connectivity index (χ4n) is 2.99. The average Bonchev–Trinajstić information content (AvgIpc) is 2.74. The molecule has 0 N–H and O–H groups in total. The molecular formula is C25H32FN3O6. The minimum absolute atomic E-state index is 0.270. The van der Waals surface area contributed by atoms with E-state index < -0.39 is 41.2 Å². The highest BCUT2D eigenvalue weighted by atomic mass is 19.1. The molecule has 0 aliphatic heterocycles. The molecule has 10 heteroatoms. The number of amides is 2. The minimum atomic E-state index is -1.49. The highest BCUT2D eigenvalue weighted by molar-refractivity contribution is 5.94. The zero-order valence-electron chi connectivity index (χ0n) is 21.1. The fraction of sp³-hybridized carbons (Fsp3) is 0.440. The molecule has 9 nitrogen and oxygen atoms in total. The van der Waals surface area contributed by atoms with Crippen LogP contribution in [-0.2, 0) is 19.0 Å². The van der Waals surface area contributed by atoms with Gasteiger partial charge in [0.05, 0.1) is 13.7 Å². The Morgan fingerprint density at radius 3 is 1.89 bits per heavy atom. The smallest absolute Gasteiger partial charge is 0.420 e. The van der Waals surface area contributed by atoms with E-state index in [4.69, 9.17) is 14.2 Å². The number of anilines is 2. The number of nitrogens with zero attached hydrogens (tertiary/aromatic N) is 3. The summed E-state index contributed by atoms with van der Waals surface area (Å²) < 4.78 is 29.4. The van der Waals surface area contributed by atoms with Crippen molar-refractivity contribution in [2.75, 3.05) is 18.6 Å². The summed E-state index contributed by atoms with van der Waals surface area (Å²) in [6, 6.07) is 9.09. The van der Waals surface area contributed by atoms with Crippen LogP contribution in [0.1, 0.15) is 41.5 Å². The molecule has 35 heavy (non-hydrogen) atoms. The van der Waals surface area contributed by atoms with Gasteiger partial charge >= 0.3 is 18.2 Å². The fourth-order valence-corrected chi connectivity index (χ4v) is 2.99. The Labute approximate surface area is 204 Å². The van der Waals surface area contributed by atoms with Crippen LogP contribution in [0.2, 0.25) is 0 Å². The van der Waals surface area contributed by atoms with Crippen LogP contribution in [-0.4, -0.2) is 58.9 Å². The quantitative estimate of drug-likeness (QED) is 0.410. The number of aromatic nitrogens is 1. The number of ether oxygens (including phenoxy) is 3. The molecule has 0 aliphatic rings. The van der Waals surface area contributed by atoms with Gasteiger partial charge in [-0.25, -0.2) is 23.8 Å². The predicted molar refractivity (Wildman–Crippen MR) is 128 cm³/mol. The van der Waals surface area contributed by atoms with Crippen LogP contribution >= 0.6 is 0 Å². The molecule has 0 spiro atoms. The summed E-state index contributed by atoms with van der Waals surface area (Å²) >= 11 is 0. The molecule has 2 rings (SSSR count). The Bertz CT molecular complexity index is 988. The number of pyridine rings is 1. The van der Waals surface area contributed by atoms with Gasteiger partial charge in [-0.2, -0.15) is 4.90 Å². The zero-order valence-corrected chi connectivity index (χ0v) is 21.1. The van der Waals surface area contributed by atoms with Crippen molar-refractivity contribution in [3.8, 4) is 0 Å². The van der Waals surface area contributed by atoms with Crippen molar-refractivity contribution >= 4 is 29.7 Å². The van der Waals surface area contributed by atoms with Gasteiger partial charge in [-0.3, -0.25) is 0 Å². The molecule has 0 saturated carbocycles. The lowest BCUT2D eigenvalue weighted by molar-refractivity contribution is -0.146. The zero-order chi connectivity index (χ0) is 26.4. The van der Waals surface area contributed by atoms with Gasteiger partial charge < -0.3 is 19.1 Å². The van der Waals surface area contributed by atoms with Crippen molar-refractivity contribution < 1.29 is 33.0 Å². The number of halogens is 1. The van der Waals surface area contributed by atoms with Gasteiger partial charge in [0.2, 0.25) is 0 Å². The highest BCUT2D eigenvalue weighted by Crippen LogP contribution is 2.26. The van der Waals surface area contributed by atoms with Gasteiger partial charge in [-0.1, -0.05) is 6.07 Å². The van der Waals surface area contributed by atoms with Crippen molar-refractivity contribution in [2.45, 2.75) is 58.8 Å². The van der Waals surface area contributed by atoms with Gasteiger partial charge in [0.1, 0.15) is 22.8 Å². The van der Waals surface area contributed by atoms with E-state index in [1.54, 1.807) is 70.8 Å². The van der Waals surface area contributed by atoms with Gasteiger partial charge in [0.15, 0.2) is 6.04 Å². The summed E-state index contributed by atoms with van der Waals surface area (Å²) in [5, 5.41) is 0. The second-order valence-corrected chi connectivity index (χ2v) is 9.64. The lowest BCUT2D eigenvalue weighted by Crippen LogP contribution is -2.55. The van der Waals surface area contributed by atoms with Crippen molar-refractivity contribution in [3.05, 3.63) is 54.5 Å². The number of methoxy groups -OCH3 is 1. The van der Waals surface area contributed by atoms with Crippen LogP contribution in [0.3, 0.4) is 0 Å². The average molecular weight is 490 g/mol. The summed E-state index contributed by atoms with van der Waals surface area (Å²) in [6.07, 6.45) is -0.622. The summed E-state index contributed by atoms with van der Waals surface area (Å²) in [5.41, 5.74) is -1.46. The Balaban J connectivity index is 2.59. The third-order valence-electron chi connectivity index (χ3n) is 4.38. The number of carbonyl (C=O) groups is 3. The molecule has 1 aromatic heterocycles. The van der Waals surface area contributed by atoms with E-state index in [1.165, 1.54) is 24.3 Å². The number of hydrogen-bond acceptors (Lipinski definition) is 8. The van der Waals surface area contributed by atoms with Crippen LogP contribution in [0.5, 0.6) is 0 Å². The lowest BCUT2D eigenvalue weighted by atomic mass is 10.2. The van der Waals surface area contributed by atoms with E-state index in [9.17, 15) is 18.8 Å². The molecule has 0 aliphatic carbocycles. The Morgan fingerprint density at radius 2 is 1.46 bits per heavy atom. The molecule has 1 atom stereocenters. The van der Waals surface area contributed by atoms with E-state index in [0.29, 0.717) is 16.4 Å². The molecule has 1 unspecified atom stereocenters. The van der Waals surface area contributed by atoms with Crippen molar-refractivity contribution in [1.82, 2.24) is 9.88 Å². The van der Waals surface area contributed by atoms with Gasteiger partial charge in [0, 0.05) is 11.9 Å². The third-order valence-corrected chi connectivity index (χ3v) is 4.38. The van der Waals surface area contributed by atoms with Crippen LogP contribution < -0.4 is 4.90 Å². The summed E-state index contributed by atoms with van der Waals surface area (Å²) in [5.74, 6) is -0.950. The maximum atomic E-state index is 13.6. The first-order valence-electron chi connectivity index (χ1n) is 11.0. The number of hydrogen-bond donors (Lipinski definition) is 0. The SMILES string of the molecule is COC(=O)C(CN(c1ccc(F)cc1)c1ccccn1)N(C(=O)OC(C)(C)C)C(=O)OC(C)(C)C. The second-order valence-electron chi connectivity index (χ2n) is 9.64. The molecule has 1 heterocycles. The van der Waals surface area contributed by atoms with Gasteiger partial charge in [0.25, 0.3) is 0 Å². The molecular weight excluding hydrogens is 457 g/mol. The number of imide groups is 1. The molecule has 2 amide bonds. The van der Waals surface area contributed by atoms with Crippen molar-refractivity contribution in [3.63, 3.8) is 0 Å². The molecule has 0 saturated heterocycles. The number of rotatable bonds is 6. The Morgan fingerprint density at radius 1 is 0.914 bits per heavy atom. The molecule has 2 aromatic rings. The van der Waals surface area contributed by atoms with E-state index in [1.807, 2.05) is 0 Å². The monoisotopic (exact) mass is 489 g/mol. The summed E-state index contributed by atoms with van der Waals surface area (Å²) in [4.78, 5) is 45.7. The molecule has 0 fully saturated rings. The van der Waals surface area contributed by atoms with Crippen LogP contribution in [0.4, 0.5) is 25.5 Å². The first-order chi connectivity index (χ1) is 16.2. The lowest BCUT2D eigenvalue weighted by Gasteiger charge is -2.35. The first-order valence-corrected chi connectivity index (χ1v) is 11.0. The Kier molecular flexibility index (Phi) is 8.78. The minimum Gasteiger partial charge on any atom is -0.467 e. The van der Waals surface area contributed by atoms with Crippen LogP contribution in [0.25, 0.3) is 0 Å². The van der Waals surface area contributed by atoms with E-state index in [2.05, 4.69) is 4.98 Å². The molecule has 190 valence electrons. The summed E-state index contributed by atoms with van der Waals surface area (Å²) in [6.45, 7) is 9.50. The highest BCUT2D eigenvalue weighted by Gasteiger charge is 2.42. The van der Waals surface area contributed by atoms with Crippen molar-refractivity contribution in [2.24, 2.45) is 0 Å². The van der Waals surface area contributed by atoms with Crippen LogP contribution in [0, 0.1) is 5.82 Å². The normalized spacial score (nSPS) is 12.3. The number of esters is 1. The van der Waals surface area contributed by atoms with Crippen molar-refractivity contribution in [1.29, 1.82) is 0 Å².